The van der Waals surface area contributed by atoms with E-state index < -0.39 is 36.1 Å². The Bertz CT molecular complexity index is 1740. The number of benzene rings is 4. The first-order chi connectivity index (χ1) is 20.0. The molecular formula is C32H21Cl2NO7. The van der Waals surface area contributed by atoms with Gasteiger partial charge in [-0.15, -0.1) is 0 Å². The summed E-state index contributed by atoms with van der Waals surface area (Å²) in [5, 5.41) is 0.269. The smallest absolute Gasteiger partial charge is 0.343 e. The fraction of sp³-hybridized carbons (Fsp3) is 0.0938. The minimum Gasteiger partial charge on any atom is -0.454 e. The lowest BCUT2D eigenvalue weighted by Gasteiger charge is -2.17. The molecule has 42 heavy (non-hydrogen) atoms. The maximum atomic E-state index is 13.1. The van der Waals surface area contributed by atoms with Gasteiger partial charge in [-0.2, -0.15) is 0 Å². The minimum absolute atomic E-state index is 0.0365. The topological polar surface area (TPSA) is 107 Å². The highest BCUT2D eigenvalue weighted by Gasteiger charge is 2.38. The van der Waals surface area contributed by atoms with Gasteiger partial charge in [-0.1, -0.05) is 47.0 Å². The van der Waals surface area contributed by atoms with Gasteiger partial charge >= 0.3 is 11.9 Å². The van der Waals surface area contributed by atoms with Crippen LogP contribution in [0.15, 0.2) is 78.9 Å². The molecule has 0 spiro atoms. The van der Waals surface area contributed by atoms with Crippen LogP contribution in [0.4, 0.5) is 5.69 Å². The number of halogens is 2. The van der Waals surface area contributed by atoms with Gasteiger partial charge in [0.05, 0.1) is 38.0 Å². The van der Waals surface area contributed by atoms with Gasteiger partial charge in [0, 0.05) is 5.56 Å². The molecule has 0 aliphatic carbocycles. The monoisotopic (exact) mass is 601 g/mol. The lowest BCUT2D eigenvalue weighted by atomic mass is 10.1. The number of Topliss-reactive ketones (excluding diaryl/α,β-unsaturated/α-hetero) is 1. The minimum atomic E-state index is -0.823. The van der Waals surface area contributed by atoms with E-state index in [0.717, 1.165) is 10.5 Å². The Labute approximate surface area is 250 Å². The standard InChI is InChI=1S/C32H21Cl2NO7/c1-17-3-6-20(7-4-17)32(40)42-22-11-9-19(10-12-22)28(36)16-41-31(39)21-8-5-18(2)27(13-21)35-29(37)23-14-25(33)26(34)15-24(23)30(35)38/h3-15H,16H2,1-2H3. The lowest BCUT2D eigenvalue weighted by molar-refractivity contribution is 0.0474. The van der Waals surface area contributed by atoms with Gasteiger partial charge in [-0.25, -0.2) is 14.5 Å². The molecule has 4 aromatic rings. The summed E-state index contributed by atoms with van der Waals surface area (Å²) >= 11 is 12.1. The molecule has 0 bridgehead atoms. The zero-order chi connectivity index (χ0) is 30.1. The first-order valence-corrected chi connectivity index (χ1v) is 13.4. The molecule has 10 heteroatoms. The molecule has 1 aliphatic rings. The van der Waals surface area contributed by atoms with Gasteiger partial charge in [0.1, 0.15) is 5.75 Å². The summed E-state index contributed by atoms with van der Waals surface area (Å²) in [5.74, 6) is -2.80. The van der Waals surface area contributed by atoms with Gasteiger partial charge in [0.15, 0.2) is 12.4 Å². The zero-order valence-corrected chi connectivity index (χ0v) is 23.8. The largest absolute Gasteiger partial charge is 0.454 e. The number of hydrogen-bond acceptors (Lipinski definition) is 7. The molecule has 0 saturated heterocycles. The van der Waals surface area contributed by atoms with Crippen molar-refractivity contribution in [3.8, 4) is 5.75 Å². The SMILES string of the molecule is Cc1ccc(C(=O)Oc2ccc(C(=O)COC(=O)c3ccc(C)c(N4C(=O)c5cc(Cl)c(Cl)cc5C4=O)c3)cc2)cc1. The lowest BCUT2D eigenvalue weighted by Crippen LogP contribution is -2.30. The second kappa shape index (κ2) is 11.6. The number of carbonyl (C=O) groups is 5. The predicted octanol–water partition coefficient (Wildman–Crippen LogP) is 6.67. The van der Waals surface area contributed by atoms with Crippen LogP contribution < -0.4 is 9.64 Å². The van der Waals surface area contributed by atoms with Crippen molar-refractivity contribution >= 4 is 58.4 Å². The van der Waals surface area contributed by atoms with Crippen molar-refractivity contribution in [2.45, 2.75) is 13.8 Å². The quantitative estimate of drug-likeness (QED) is 0.101. The van der Waals surface area contributed by atoms with Gasteiger partial charge in [-0.05, 0) is 80.1 Å². The third-order valence-corrected chi connectivity index (χ3v) is 7.34. The first kappa shape index (κ1) is 28.7. The van der Waals surface area contributed by atoms with E-state index >= 15 is 0 Å². The summed E-state index contributed by atoms with van der Waals surface area (Å²) in [6.45, 7) is 3.03. The third kappa shape index (κ3) is 5.68. The number of imide groups is 1. The van der Waals surface area contributed by atoms with Crippen LogP contribution in [0.1, 0.15) is 62.9 Å². The summed E-state index contributed by atoms with van der Waals surface area (Å²) in [5.41, 5.74) is 2.62. The van der Waals surface area contributed by atoms with E-state index in [-0.39, 0.29) is 43.7 Å². The van der Waals surface area contributed by atoms with Crippen molar-refractivity contribution in [1.82, 2.24) is 0 Å². The Kier molecular flexibility index (Phi) is 7.93. The summed E-state index contributed by atoms with van der Waals surface area (Å²) in [6, 6.07) is 19.8. The van der Waals surface area contributed by atoms with Crippen molar-refractivity contribution in [3.05, 3.63) is 128 Å². The second-order valence-corrected chi connectivity index (χ2v) is 10.4. The van der Waals surface area contributed by atoms with Crippen LogP contribution in [0.3, 0.4) is 0 Å². The number of esters is 2. The van der Waals surface area contributed by atoms with Crippen LogP contribution in [0.25, 0.3) is 0 Å². The summed E-state index contributed by atoms with van der Waals surface area (Å²) in [7, 11) is 0. The van der Waals surface area contributed by atoms with Crippen LogP contribution in [0.2, 0.25) is 10.0 Å². The molecule has 0 atom stereocenters. The van der Waals surface area contributed by atoms with E-state index in [1.165, 1.54) is 48.5 Å². The Morgan fingerprint density at radius 2 is 1.24 bits per heavy atom. The molecule has 0 radical (unpaired) electrons. The average molecular weight is 602 g/mol. The van der Waals surface area contributed by atoms with Crippen LogP contribution in [-0.4, -0.2) is 36.1 Å². The highest BCUT2D eigenvalue weighted by molar-refractivity contribution is 6.44. The average Bonchev–Trinajstić information content (AvgIpc) is 3.21. The van der Waals surface area contributed by atoms with Crippen LogP contribution in [0, 0.1) is 13.8 Å². The number of fused-ring (bicyclic) bond motifs is 1. The molecule has 210 valence electrons. The zero-order valence-electron chi connectivity index (χ0n) is 22.3. The number of amides is 2. The Morgan fingerprint density at radius 3 is 1.83 bits per heavy atom. The molecule has 4 aromatic carbocycles. The fourth-order valence-corrected chi connectivity index (χ4v) is 4.62. The predicted molar refractivity (Wildman–Crippen MR) is 156 cm³/mol. The van der Waals surface area contributed by atoms with Crippen molar-refractivity contribution in [1.29, 1.82) is 0 Å². The van der Waals surface area contributed by atoms with E-state index in [1.807, 2.05) is 6.92 Å². The summed E-state index contributed by atoms with van der Waals surface area (Å²) < 4.78 is 10.6. The number of carbonyl (C=O) groups excluding carboxylic acids is 5. The molecule has 0 unspecified atom stereocenters. The number of rotatable bonds is 7. The van der Waals surface area contributed by atoms with Gasteiger partial charge in [-0.3, -0.25) is 14.4 Å². The van der Waals surface area contributed by atoms with Crippen LogP contribution >= 0.6 is 23.2 Å². The van der Waals surface area contributed by atoms with Gasteiger partial charge < -0.3 is 9.47 Å². The number of aryl methyl sites for hydroxylation is 2. The van der Waals surface area contributed by atoms with Crippen LogP contribution in [0.5, 0.6) is 5.75 Å². The van der Waals surface area contributed by atoms with E-state index in [2.05, 4.69) is 0 Å². The highest BCUT2D eigenvalue weighted by atomic mass is 35.5. The van der Waals surface area contributed by atoms with E-state index in [1.54, 1.807) is 37.3 Å². The normalized spacial score (nSPS) is 12.2. The Morgan fingerprint density at radius 1 is 0.690 bits per heavy atom. The Balaban J connectivity index is 1.24. The van der Waals surface area contributed by atoms with E-state index in [0.29, 0.717) is 11.1 Å². The molecular weight excluding hydrogens is 581 g/mol. The third-order valence-electron chi connectivity index (χ3n) is 6.62. The molecule has 1 aliphatic heterocycles. The number of ketones is 1. The highest BCUT2D eigenvalue weighted by Crippen LogP contribution is 2.35. The van der Waals surface area contributed by atoms with Gasteiger partial charge in [0.25, 0.3) is 11.8 Å². The van der Waals surface area contributed by atoms with Crippen molar-refractivity contribution < 1.29 is 33.4 Å². The molecule has 5 rings (SSSR count). The maximum Gasteiger partial charge on any atom is 0.343 e. The van der Waals surface area contributed by atoms with Crippen molar-refractivity contribution in [3.63, 3.8) is 0 Å². The summed E-state index contributed by atoms with van der Waals surface area (Å²) in [6.07, 6.45) is 0. The number of anilines is 1. The first-order valence-electron chi connectivity index (χ1n) is 12.6. The molecule has 0 N–H and O–H groups in total. The number of hydrogen-bond donors (Lipinski definition) is 0. The van der Waals surface area contributed by atoms with Crippen molar-refractivity contribution in [2.24, 2.45) is 0 Å². The number of ether oxygens (including phenoxy) is 2. The molecule has 8 nitrogen and oxygen atoms in total. The Hall–Kier alpha value is -4.79. The molecule has 0 saturated carbocycles. The molecule has 0 fully saturated rings. The fourth-order valence-electron chi connectivity index (χ4n) is 4.29. The van der Waals surface area contributed by atoms with E-state index in [9.17, 15) is 24.0 Å². The number of nitrogens with zero attached hydrogens (tertiary/aromatic N) is 1. The second-order valence-electron chi connectivity index (χ2n) is 9.54. The van der Waals surface area contributed by atoms with Crippen molar-refractivity contribution in [2.75, 3.05) is 11.5 Å². The maximum absolute atomic E-state index is 13.1. The molecule has 0 aromatic heterocycles. The summed E-state index contributed by atoms with van der Waals surface area (Å²) in [4.78, 5) is 64.8. The van der Waals surface area contributed by atoms with Crippen LogP contribution in [-0.2, 0) is 4.74 Å². The molecule has 2 amide bonds. The molecule has 1 heterocycles. The van der Waals surface area contributed by atoms with E-state index in [4.69, 9.17) is 32.7 Å². The van der Waals surface area contributed by atoms with Gasteiger partial charge in [0.2, 0.25) is 0 Å².